The maximum absolute atomic E-state index is 13.7. The van der Waals surface area contributed by atoms with Crippen LogP contribution in [0.2, 0.25) is 0 Å². The monoisotopic (exact) mass is 416 g/mol. The molecular weight excluding hydrogens is 392 g/mol. The van der Waals surface area contributed by atoms with Gasteiger partial charge in [-0.05, 0) is 48.7 Å². The van der Waals surface area contributed by atoms with Crippen molar-refractivity contribution in [1.82, 2.24) is 8.96 Å². The Balaban J connectivity index is 2.07. The minimum absolute atomic E-state index is 0.236. The van der Waals surface area contributed by atoms with E-state index in [9.17, 15) is 8.42 Å². The number of hydrogen-bond donors (Lipinski definition) is 0. The lowest BCUT2D eigenvalue weighted by molar-refractivity contribution is 0.588. The number of benzene rings is 2. The van der Waals surface area contributed by atoms with Crippen molar-refractivity contribution in [2.24, 2.45) is 5.92 Å². The van der Waals surface area contributed by atoms with Crippen molar-refractivity contribution in [3.05, 3.63) is 102 Å². The molecule has 0 saturated carbocycles. The fourth-order valence-corrected chi connectivity index (χ4v) is 5.12. The third-order valence-electron chi connectivity index (χ3n) is 4.91. The van der Waals surface area contributed by atoms with E-state index >= 15 is 0 Å². The van der Waals surface area contributed by atoms with Gasteiger partial charge in [0.1, 0.15) is 0 Å². The Kier molecular flexibility index (Phi) is 5.31. The molecule has 0 spiro atoms. The molecule has 30 heavy (non-hydrogen) atoms. The highest BCUT2D eigenvalue weighted by molar-refractivity contribution is 7.90. The van der Waals surface area contributed by atoms with E-state index < -0.39 is 10.0 Å². The van der Waals surface area contributed by atoms with E-state index in [1.165, 1.54) is 3.97 Å². The van der Waals surface area contributed by atoms with E-state index in [1.807, 2.05) is 49.4 Å². The Bertz CT molecular complexity index is 1330. The van der Waals surface area contributed by atoms with Crippen molar-refractivity contribution in [3.8, 4) is 0 Å². The fourth-order valence-electron chi connectivity index (χ4n) is 3.62. The summed E-state index contributed by atoms with van der Waals surface area (Å²) in [4.78, 5) is 4.66. The lowest BCUT2D eigenvalue weighted by Crippen LogP contribution is -2.16. The summed E-state index contributed by atoms with van der Waals surface area (Å²) in [6, 6.07) is 22.3. The molecule has 0 bridgehead atoms. The molecule has 4 rings (SSSR count). The molecule has 4 aromatic rings. The highest BCUT2D eigenvalue weighted by Gasteiger charge is 2.26. The first kappa shape index (κ1) is 20.1. The molecule has 0 atom stereocenters. The summed E-state index contributed by atoms with van der Waals surface area (Å²) in [5, 5.41) is 0.786. The summed E-state index contributed by atoms with van der Waals surface area (Å²) in [6.45, 7) is 6.22. The Hall–Kier alpha value is -3.18. The normalized spacial score (nSPS) is 12.6. The highest BCUT2D eigenvalue weighted by Crippen LogP contribution is 2.33. The van der Waals surface area contributed by atoms with E-state index in [-0.39, 0.29) is 10.8 Å². The Morgan fingerprint density at radius 2 is 1.73 bits per heavy atom. The molecule has 0 aliphatic carbocycles. The van der Waals surface area contributed by atoms with Gasteiger partial charge in [-0.3, -0.25) is 0 Å². The summed E-state index contributed by atoms with van der Waals surface area (Å²) in [5.74, 6) is 0.236. The Morgan fingerprint density at radius 3 is 2.43 bits per heavy atom. The number of hydrogen-bond acceptors (Lipinski definition) is 3. The predicted molar refractivity (Wildman–Crippen MR) is 122 cm³/mol. The van der Waals surface area contributed by atoms with Crippen LogP contribution in [0.1, 0.15) is 30.7 Å². The van der Waals surface area contributed by atoms with Crippen LogP contribution in [0.25, 0.3) is 16.6 Å². The van der Waals surface area contributed by atoms with Crippen molar-refractivity contribution in [3.63, 3.8) is 0 Å². The fraction of sp³-hybridized carbons (Fsp3) is 0.160. The summed E-state index contributed by atoms with van der Waals surface area (Å²) >= 11 is 0. The van der Waals surface area contributed by atoms with E-state index in [1.54, 1.807) is 30.5 Å². The van der Waals surface area contributed by atoms with Crippen LogP contribution in [0.4, 0.5) is 0 Å². The third-order valence-corrected chi connectivity index (χ3v) is 6.62. The van der Waals surface area contributed by atoms with Gasteiger partial charge in [0.15, 0.2) is 5.65 Å². The molecular formula is C25H24N2O2S. The second kappa shape index (κ2) is 7.92. The second-order valence-corrected chi connectivity index (χ2v) is 9.51. The summed E-state index contributed by atoms with van der Waals surface area (Å²) in [6.07, 6.45) is 3.74. The molecule has 5 heteroatoms. The second-order valence-electron chi connectivity index (χ2n) is 7.72. The van der Waals surface area contributed by atoms with Crippen molar-refractivity contribution < 1.29 is 8.42 Å². The minimum atomic E-state index is -3.84. The van der Waals surface area contributed by atoms with Crippen molar-refractivity contribution >= 4 is 26.6 Å². The van der Waals surface area contributed by atoms with Crippen LogP contribution in [0.3, 0.4) is 0 Å². The van der Waals surface area contributed by atoms with Crippen LogP contribution >= 0.6 is 0 Å². The lowest BCUT2D eigenvalue weighted by Gasteiger charge is -2.15. The number of allylic oxidation sites excluding steroid dienone is 1. The van der Waals surface area contributed by atoms with Crippen LogP contribution in [-0.4, -0.2) is 17.4 Å². The highest BCUT2D eigenvalue weighted by atomic mass is 32.2. The van der Waals surface area contributed by atoms with Gasteiger partial charge in [-0.2, -0.15) is 0 Å². The average Bonchev–Trinajstić information content (AvgIpc) is 3.12. The smallest absolute Gasteiger partial charge is 0.237 e. The molecule has 2 heterocycles. The van der Waals surface area contributed by atoms with Crippen molar-refractivity contribution in [2.45, 2.75) is 25.7 Å². The number of aromatic nitrogens is 2. The maximum Gasteiger partial charge on any atom is 0.269 e. The molecule has 2 aromatic heterocycles. The molecule has 0 amide bonds. The van der Waals surface area contributed by atoms with E-state index in [2.05, 4.69) is 31.0 Å². The van der Waals surface area contributed by atoms with Crippen LogP contribution in [0.15, 0.2) is 90.0 Å². The van der Waals surface area contributed by atoms with Gasteiger partial charge in [0, 0.05) is 17.2 Å². The zero-order valence-electron chi connectivity index (χ0n) is 17.3. The van der Waals surface area contributed by atoms with Gasteiger partial charge in [-0.1, -0.05) is 68.0 Å². The molecule has 2 aromatic carbocycles. The van der Waals surface area contributed by atoms with Gasteiger partial charge < -0.3 is 0 Å². The number of fused-ring (bicyclic) bond motifs is 1. The zero-order valence-corrected chi connectivity index (χ0v) is 18.1. The SMILES string of the molecule is Cc1cccc(/C(=C\C(C)C)c2cc3cccnc3n2S(=O)(=O)c2ccccc2)c1. The predicted octanol–water partition coefficient (Wildman–Crippen LogP) is 5.67. The first-order valence-electron chi connectivity index (χ1n) is 9.94. The number of nitrogens with zero attached hydrogens (tertiary/aromatic N) is 2. The van der Waals surface area contributed by atoms with E-state index in [0.717, 1.165) is 22.1 Å². The third kappa shape index (κ3) is 3.68. The summed E-state index contributed by atoms with van der Waals surface area (Å²) in [5.41, 5.74) is 4.03. The van der Waals surface area contributed by atoms with Gasteiger partial charge in [0.05, 0.1) is 10.6 Å². The molecule has 0 N–H and O–H groups in total. The maximum atomic E-state index is 13.7. The first-order valence-corrected chi connectivity index (χ1v) is 11.4. The largest absolute Gasteiger partial charge is 0.269 e. The molecule has 0 aliphatic heterocycles. The van der Waals surface area contributed by atoms with Gasteiger partial charge in [0.2, 0.25) is 0 Å². The molecule has 0 unspecified atom stereocenters. The quantitative estimate of drug-likeness (QED) is 0.421. The molecule has 4 nitrogen and oxygen atoms in total. The van der Waals surface area contributed by atoms with E-state index in [4.69, 9.17) is 0 Å². The molecule has 0 fully saturated rings. The van der Waals surface area contributed by atoms with Gasteiger partial charge in [-0.25, -0.2) is 17.4 Å². The van der Waals surface area contributed by atoms with Crippen LogP contribution in [-0.2, 0) is 10.0 Å². The van der Waals surface area contributed by atoms with E-state index in [0.29, 0.717) is 11.3 Å². The molecule has 0 radical (unpaired) electrons. The van der Waals surface area contributed by atoms with Gasteiger partial charge in [0.25, 0.3) is 10.0 Å². The summed E-state index contributed by atoms with van der Waals surface area (Å²) < 4.78 is 28.8. The topological polar surface area (TPSA) is 52.0 Å². The number of aryl methyl sites for hydroxylation is 1. The zero-order chi connectivity index (χ0) is 21.3. The van der Waals surface area contributed by atoms with Crippen LogP contribution in [0.5, 0.6) is 0 Å². The number of pyridine rings is 1. The van der Waals surface area contributed by atoms with Crippen LogP contribution < -0.4 is 0 Å². The van der Waals surface area contributed by atoms with Gasteiger partial charge >= 0.3 is 0 Å². The number of rotatable bonds is 5. The lowest BCUT2D eigenvalue weighted by atomic mass is 9.97. The minimum Gasteiger partial charge on any atom is -0.237 e. The van der Waals surface area contributed by atoms with Crippen LogP contribution in [0, 0.1) is 12.8 Å². The standard InChI is InChI=1S/C25H24N2O2S/c1-18(2)15-23(20-10-7-9-19(3)16-20)24-17-21-11-8-14-26-25(21)27(24)30(28,29)22-12-5-4-6-13-22/h4-18H,1-3H3/b23-15+. The molecule has 152 valence electrons. The Morgan fingerprint density at radius 1 is 0.967 bits per heavy atom. The van der Waals surface area contributed by atoms with Crippen molar-refractivity contribution in [2.75, 3.05) is 0 Å². The Labute approximate surface area is 177 Å². The molecule has 0 saturated heterocycles. The average molecular weight is 417 g/mol. The summed E-state index contributed by atoms with van der Waals surface area (Å²) in [7, 11) is -3.84. The van der Waals surface area contributed by atoms with Crippen molar-refractivity contribution in [1.29, 1.82) is 0 Å². The van der Waals surface area contributed by atoms with Gasteiger partial charge in [-0.15, -0.1) is 0 Å². The first-order chi connectivity index (χ1) is 14.4. The molecule has 0 aliphatic rings.